The molecule has 0 aliphatic rings. The number of hydrogen-bond donors (Lipinski definition) is 1. The van der Waals surface area contributed by atoms with Gasteiger partial charge in [-0.1, -0.05) is 24.3 Å². The van der Waals surface area contributed by atoms with E-state index in [1.807, 2.05) is 53.9 Å². The van der Waals surface area contributed by atoms with Gasteiger partial charge < -0.3 is 14.8 Å². The minimum Gasteiger partial charge on any atom is -0.497 e. The van der Waals surface area contributed by atoms with Gasteiger partial charge in [-0.3, -0.25) is 4.79 Å². The zero-order valence-electron chi connectivity index (χ0n) is 16.1. The number of carbonyl (C=O) groups excluding carboxylic acids is 1. The van der Waals surface area contributed by atoms with Crippen molar-refractivity contribution in [2.24, 2.45) is 0 Å². The van der Waals surface area contributed by atoms with Gasteiger partial charge in [-0.25, -0.2) is 4.98 Å². The summed E-state index contributed by atoms with van der Waals surface area (Å²) in [4.78, 5) is 16.8. The summed E-state index contributed by atoms with van der Waals surface area (Å²) in [5.41, 5.74) is 3.07. The molecule has 1 aromatic heterocycles. The fourth-order valence-electron chi connectivity index (χ4n) is 2.84. The van der Waals surface area contributed by atoms with E-state index in [0.29, 0.717) is 19.4 Å². The van der Waals surface area contributed by atoms with Crippen LogP contribution in [0, 0.1) is 0 Å². The van der Waals surface area contributed by atoms with E-state index in [2.05, 4.69) is 10.3 Å². The van der Waals surface area contributed by atoms with E-state index in [0.717, 1.165) is 34.2 Å². The minimum atomic E-state index is 0.0420. The standard InChI is InChI=1S/C22H24N2O3S/c1-26-18-10-7-16(8-11-18)13-14-23-21(25)12-9-17-15-28-22(24-17)19-5-3-4-6-20(19)27-2/h3-8,10-11,15H,9,12-14H2,1-2H3,(H,23,25). The van der Waals surface area contributed by atoms with Crippen LogP contribution in [0.2, 0.25) is 0 Å². The lowest BCUT2D eigenvalue weighted by Crippen LogP contribution is -2.25. The summed E-state index contributed by atoms with van der Waals surface area (Å²) in [5, 5.41) is 5.89. The van der Waals surface area contributed by atoms with E-state index in [9.17, 15) is 4.79 Å². The van der Waals surface area contributed by atoms with Crippen LogP contribution in [0.1, 0.15) is 17.7 Å². The van der Waals surface area contributed by atoms with Gasteiger partial charge in [0.15, 0.2) is 0 Å². The molecule has 2 aromatic carbocycles. The molecule has 1 amide bonds. The van der Waals surface area contributed by atoms with E-state index in [-0.39, 0.29) is 5.91 Å². The van der Waals surface area contributed by atoms with Crippen molar-refractivity contribution in [1.82, 2.24) is 10.3 Å². The Balaban J connectivity index is 1.45. The Morgan fingerprint density at radius 1 is 1.04 bits per heavy atom. The van der Waals surface area contributed by atoms with E-state index in [1.165, 1.54) is 5.56 Å². The van der Waals surface area contributed by atoms with Gasteiger partial charge in [0.25, 0.3) is 0 Å². The number of carbonyl (C=O) groups is 1. The maximum Gasteiger partial charge on any atom is 0.220 e. The lowest BCUT2D eigenvalue weighted by Gasteiger charge is -2.06. The van der Waals surface area contributed by atoms with Crippen LogP contribution in [0.3, 0.4) is 0 Å². The van der Waals surface area contributed by atoms with Crippen LogP contribution in [0.5, 0.6) is 11.5 Å². The molecule has 5 nitrogen and oxygen atoms in total. The molecule has 28 heavy (non-hydrogen) atoms. The van der Waals surface area contributed by atoms with Crippen molar-refractivity contribution in [1.29, 1.82) is 0 Å². The molecule has 0 aliphatic carbocycles. The zero-order chi connectivity index (χ0) is 19.8. The summed E-state index contributed by atoms with van der Waals surface area (Å²) >= 11 is 1.57. The first-order valence-corrected chi connectivity index (χ1v) is 10.0. The molecule has 0 spiro atoms. The number of aryl methyl sites for hydroxylation is 1. The molecule has 6 heteroatoms. The first-order valence-electron chi connectivity index (χ1n) is 9.17. The van der Waals surface area contributed by atoms with Crippen LogP contribution in [-0.2, 0) is 17.6 Å². The highest BCUT2D eigenvalue weighted by molar-refractivity contribution is 7.13. The number of rotatable bonds is 9. The van der Waals surface area contributed by atoms with E-state index in [1.54, 1.807) is 25.6 Å². The molecule has 3 aromatic rings. The highest BCUT2D eigenvalue weighted by Gasteiger charge is 2.11. The first kappa shape index (κ1) is 19.9. The number of hydrogen-bond acceptors (Lipinski definition) is 5. The summed E-state index contributed by atoms with van der Waals surface area (Å²) in [6, 6.07) is 15.7. The second-order valence-electron chi connectivity index (χ2n) is 6.29. The molecule has 0 saturated carbocycles. The molecule has 1 heterocycles. The first-order chi connectivity index (χ1) is 13.7. The molecule has 0 saturated heterocycles. The summed E-state index contributed by atoms with van der Waals surface area (Å²) < 4.78 is 10.5. The quantitative estimate of drug-likeness (QED) is 0.591. The molecule has 1 N–H and O–H groups in total. The summed E-state index contributed by atoms with van der Waals surface area (Å²) in [6.07, 6.45) is 1.85. The lowest BCUT2D eigenvalue weighted by molar-refractivity contribution is -0.121. The molecular weight excluding hydrogens is 372 g/mol. The number of ether oxygens (including phenoxy) is 2. The van der Waals surface area contributed by atoms with Gasteiger partial charge in [-0.2, -0.15) is 0 Å². The third-order valence-electron chi connectivity index (χ3n) is 4.39. The number of methoxy groups -OCH3 is 2. The monoisotopic (exact) mass is 396 g/mol. The van der Waals surface area contributed by atoms with E-state index in [4.69, 9.17) is 9.47 Å². The third-order valence-corrected chi connectivity index (χ3v) is 5.32. The number of nitrogens with one attached hydrogen (secondary N) is 1. The van der Waals surface area contributed by atoms with Crippen LogP contribution in [0.15, 0.2) is 53.9 Å². The Morgan fingerprint density at radius 2 is 1.82 bits per heavy atom. The molecule has 3 rings (SSSR count). The van der Waals surface area contributed by atoms with Crippen LogP contribution in [0.25, 0.3) is 10.6 Å². The predicted octanol–water partition coefficient (Wildman–Crippen LogP) is 4.12. The van der Waals surface area contributed by atoms with Crippen molar-refractivity contribution in [2.75, 3.05) is 20.8 Å². The number of aromatic nitrogens is 1. The molecule has 0 unspecified atom stereocenters. The molecule has 0 radical (unpaired) electrons. The van der Waals surface area contributed by atoms with Gasteiger partial charge in [0.05, 0.1) is 25.5 Å². The van der Waals surface area contributed by atoms with Crippen molar-refractivity contribution in [3.8, 4) is 22.1 Å². The second-order valence-corrected chi connectivity index (χ2v) is 7.15. The normalized spacial score (nSPS) is 10.5. The number of para-hydroxylation sites is 1. The second kappa shape index (κ2) is 9.90. The lowest BCUT2D eigenvalue weighted by atomic mass is 10.1. The fourth-order valence-corrected chi connectivity index (χ4v) is 3.72. The highest BCUT2D eigenvalue weighted by atomic mass is 32.1. The maximum absolute atomic E-state index is 12.1. The molecule has 146 valence electrons. The average Bonchev–Trinajstić information content (AvgIpc) is 3.21. The molecule has 0 fully saturated rings. The van der Waals surface area contributed by atoms with Gasteiger partial charge in [0.1, 0.15) is 16.5 Å². The Kier molecular flexibility index (Phi) is 7.03. The van der Waals surface area contributed by atoms with Gasteiger partial charge >= 0.3 is 0 Å². The highest BCUT2D eigenvalue weighted by Crippen LogP contribution is 2.32. The van der Waals surface area contributed by atoms with Crippen molar-refractivity contribution >= 4 is 17.2 Å². The van der Waals surface area contributed by atoms with Crippen LogP contribution in [-0.4, -0.2) is 31.7 Å². The van der Waals surface area contributed by atoms with Crippen molar-refractivity contribution in [3.05, 3.63) is 65.2 Å². The van der Waals surface area contributed by atoms with E-state index >= 15 is 0 Å². The fraction of sp³-hybridized carbons (Fsp3) is 0.273. The molecule has 0 aliphatic heterocycles. The molecular formula is C22H24N2O3S. The summed E-state index contributed by atoms with van der Waals surface area (Å²) in [6.45, 7) is 0.620. The van der Waals surface area contributed by atoms with Crippen LogP contribution >= 0.6 is 11.3 Å². The van der Waals surface area contributed by atoms with Crippen LogP contribution < -0.4 is 14.8 Å². The SMILES string of the molecule is COc1ccc(CCNC(=O)CCc2csc(-c3ccccc3OC)n2)cc1. The third kappa shape index (κ3) is 5.33. The van der Waals surface area contributed by atoms with Gasteiger partial charge in [0.2, 0.25) is 5.91 Å². The Labute approximate surface area is 169 Å². The average molecular weight is 397 g/mol. The van der Waals surface area contributed by atoms with Gasteiger partial charge in [-0.15, -0.1) is 11.3 Å². The van der Waals surface area contributed by atoms with Crippen LogP contribution in [0.4, 0.5) is 0 Å². The molecule has 0 atom stereocenters. The van der Waals surface area contributed by atoms with Gasteiger partial charge in [0, 0.05) is 18.3 Å². The maximum atomic E-state index is 12.1. The minimum absolute atomic E-state index is 0.0420. The largest absolute Gasteiger partial charge is 0.497 e. The number of benzene rings is 2. The zero-order valence-corrected chi connectivity index (χ0v) is 16.9. The summed E-state index contributed by atoms with van der Waals surface area (Å²) in [5.74, 6) is 1.68. The smallest absolute Gasteiger partial charge is 0.220 e. The van der Waals surface area contributed by atoms with Gasteiger partial charge in [-0.05, 0) is 42.7 Å². The van der Waals surface area contributed by atoms with Crippen molar-refractivity contribution < 1.29 is 14.3 Å². The summed E-state index contributed by atoms with van der Waals surface area (Å²) in [7, 11) is 3.31. The number of thiazole rings is 1. The van der Waals surface area contributed by atoms with Crippen molar-refractivity contribution in [3.63, 3.8) is 0 Å². The van der Waals surface area contributed by atoms with Crippen molar-refractivity contribution in [2.45, 2.75) is 19.3 Å². The molecule has 0 bridgehead atoms. The number of amides is 1. The Hall–Kier alpha value is -2.86. The topological polar surface area (TPSA) is 60.5 Å². The Bertz CT molecular complexity index is 906. The van der Waals surface area contributed by atoms with E-state index < -0.39 is 0 Å². The Morgan fingerprint density at radius 3 is 2.57 bits per heavy atom. The number of nitrogens with zero attached hydrogens (tertiary/aromatic N) is 1. The predicted molar refractivity (Wildman–Crippen MR) is 112 cm³/mol.